The summed E-state index contributed by atoms with van der Waals surface area (Å²) in [5, 5.41) is 3.08. The Balaban J connectivity index is 2.65. The molecule has 7 heteroatoms. The predicted octanol–water partition coefficient (Wildman–Crippen LogP) is -2.25. The Labute approximate surface area is 99.9 Å². The Morgan fingerprint density at radius 1 is 1.29 bits per heavy atom. The van der Waals surface area contributed by atoms with Gasteiger partial charge in [0.05, 0.1) is 0 Å². The Hall–Kier alpha value is -1.47. The molecular formula is C10H18N4O3. The average molecular weight is 242 g/mol. The number of piperazine rings is 1. The third-order valence-electron chi connectivity index (χ3n) is 2.57. The van der Waals surface area contributed by atoms with Crippen LogP contribution in [0.5, 0.6) is 0 Å². The molecule has 0 aromatic carbocycles. The summed E-state index contributed by atoms with van der Waals surface area (Å²) in [5.41, 5.74) is 5.30. The van der Waals surface area contributed by atoms with E-state index in [2.05, 4.69) is 5.32 Å². The van der Waals surface area contributed by atoms with E-state index in [0.29, 0.717) is 26.2 Å². The molecule has 0 spiro atoms. The lowest BCUT2D eigenvalue weighted by Gasteiger charge is -2.28. The van der Waals surface area contributed by atoms with Gasteiger partial charge in [-0.05, 0) is 0 Å². The minimum atomic E-state index is -0.787. The van der Waals surface area contributed by atoms with Crippen LogP contribution in [0.25, 0.3) is 0 Å². The van der Waals surface area contributed by atoms with Gasteiger partial charge in [0.1, 0.15) is 0 Å². The maximum atomic E-state index is 11.8. The Bertz CT molecular complexity index is 313. The molecule has 1 fully saturated rings. The summed E-state index contributed by atoms with van der Waals surface area (Å²) in [4.78, 5) is 37.2. The fraction of sp³-hybridized carbons (Fsp3) is 0.700. The molecule has 0 atom stereocenters. The number of imide groups is 1. The van der Waals surface area contributed by atoms with E-state index in [1.807, 2.05) is 0 Å². The molecule has 3 amide bonds. The second-order valence-corrected chi connectivity index (χ2v) is 3.81. The average Bonchev–Trinajstić information content (AvgIpc) is 2.35. The van der Waals surface area contributed by atoms with Gasteiger partial charge in [0.2, 0.25) is 5.91 Å². The number of nitrogens with one attached hydrogen (secondary N) is 1. The van der Waals surface area contributed by atoms with Crippen LogP contribution in [0.15, 0.2) is 0 Å². The molecule has 0 aliphatic carbocycles. The third-order valence-corrected chi connectivity index (χ3v) is 2.57. The minimum absolute atomic E-state index is 0.0754. The maximum Gasteiger partial charge on any atom is 0.318 e. The number of hydrogen-bond donors (Lipinski definition) is 2. The molecule has 0 aromatic rings. The number of rotatable bonds is 2. The van der Waals surface area contributed by atoms with E-state index in [1.54, 1.807) is 0 Å². The van der Waals surface area contributed by atoms with Gasteiger partial charge >= 0.3 is 11.8 Å². The Morgan fingerprint density at radius 3 is 2.35 bits per heavy atom. The van der Waals surface area contributed by atoms with Crippen LogP contribution in [-0.4, -0.2) is 66.8 Å². The molecule has 1 saturated heterocycles. The van der Waals surface area contributed by atoms with Crippen molar-refractivity contribution in [2.45, 2.75) is 6.92 Å². The first-order chi connectivity index (χ1) is 8.07. The second-order valence-electron chi connectivity index (χ2n) is 3.81. The van der Waals surface area contributed by atoms with E-state index in [1.165, 1.54) is 11.8 Å². The van der Waals surface area contributed by atoms with Gasteiger partial charge in [-0.25, -0.2) is 0 Å². The number of amides is 3. The molecule has 96 valence electrons. The standard InChI is InChI=1S/C10H18N4O3/c1-8(15)14(5-2-11)10(17)9(16)13-6-3-12-4-7-13/h12H,2-7,11H2,1H3. The Kier molecular flexibility index (Phi) is 5.05. The summed E-state index contributed by atoms with van der Waals surface area (Å²) in [6.45, 7) is 3.77. The topological polar surface area (TPSA) is 95.7 Å². The van der Waals surface area contributed by atoms with Crippen molar-refractivity contribution < 1.29 is 14.4 Å². The first kappa shape index (κ1) is 13.6. The molecule has 0 radical (unpaired) electrons. The first-order valence-electron chi connectivity index (χ1n) is 5.60. The van der Waals surface area contributed by atoms with E-state index >= 15 is 0 Å². The van der Waals surface area contributed by atoms with E-state index in [4.69, 9.17) is 5.73 Å². The van der Waals surface area contributed by atoms with Crippen molar-refractivity contribution in [2.75, 3.05) is 39.3 Å². The summed E-state index contributed by atoms with van der Waals surface area (Å²) in [7, 11) is 0. The van der Waals surface area contributed by atoms with Crippen LogP contribution >= 0.6 is 0 Å². The fourth-order valence-corrected chi connectivity index (χ4v) is 1.65. The van der Waals surface area contributed by atoms with Gasteiger partial charge in [0.15, 0.2) is 0 Å². The van der Waals surface area contributed by atoms with Gasteiger partial charge < -0.3 is 16.0 Å². The van der Waals surface area contributed by atoms with E-state index < -0.39 is 17.7 Å². The van der Waals surface area contributed by atoms with Crippen molar-refractivity contribution in [2.24, 2.45) is 5.73 Å². The van der Waals surface area contributed by atoms with Crippen molar-refractivity contribution >= 4 is 17.7 Å². The predicted molar refractivity (Wildman–Crippen MR) is 60.9 cm³/mol. The molecule has 1 rings (SSSR count). The third kappa shape index (κ3) is 3.50. The van der Waals surface area contributed by atoms with Crippen LogP contribution in [0.2, 0.25) is 0 Å². The van der Waals surface area contributed by atoms with E-state index in [-0.39, 0.29) is 13.1 Å². The molecule has 1 heterocycles. The highest BCUT2D eigenvalue weighted by molar-refractivity contribution is 6.37. The minimum Gasteiger partial charge on any atom is -0.332 e. The van der Waals surface area contributed by atoms with Gasteiger partial charge in [0.25, 0.3) is 0 Å². The SMILES string of the molecule is CC(=O)N(CCN)C(=O)C(=O)N1CCNCC1. The van der Waals surface area contributed by atoms with Crippen LogP contribution in [-0.2, 0) is 14.4 Å². The quantitative estimate of drug-likeness (QED) is 0.533. The van der Waals surface area contributed by atoms with Crippen LogP contribution in [0, 0.1) is 0 Å². The molecule has 1 aliphatic heterocycles. The van der Waals surface area contributed by atoms with Gasteiger partial charge in [-0.15, -0.1) is 0 Å². The van der Waals surface area contributed by atoms with Crippen LogP contribution in [0.1, 0.15) is 6.92 Å². The van der Waals surface area contributed by atoms with Gasteiger partial charge in [-0.2, -0.15) is 0 Å². The number of nitrogens with two attached hydrogens (primary N) is 1. The van der Waals surface area contributed by atoms with E-state index in [9.17, 15) is 14.4 Å². The molecule has 0 saturated carbocycles. The molecule has 3 N–H and O–H groups in total. The summed E-state index contributed by atoms with van der Waals surface area (Å²) in [6, 6.07) is 0. The zero-order chi connectivity index (χ0) is 12.8. The number of nitrogens with zero attached hydrogens (tertiary/aromatic N) is 2. The molecule has 0 bridgehead atoms. The van der Waals surface area contributed by atoms with Gasteiger partial charge in [0, 0.05) is 46.2 Å². The summed E-state index contributed by atoms with van der Waals surface area (Å²) in [5.74, 6) is -1.87. The van der Waals surface area contributed by atoms with Crippen molar-refractivity contribution in [1.82, 2.24) is 15.1 Å². The maximum absolute atomic E-state index is 11.8. The highest BCUT2D eigenvalue weighted by Gasteiger charge is 2.29. The van der Waals surface area contributed by atoms with Crippen molar-refractivity contribution in [3.8, 4) is 0 Å². The zero-order valence-electron chi connectivity index (χ0n) is 9.94. The molecular weight excluding hydrogens is 224 g/mol. The van der Waals surface area contributed by atoms with Crippen LogP contribution < -0.4 is 11.1 Å². The summed E-state index contributed by atoms with van der Waals surface area (Å²) < 4.78 is 0. The lowest BCUT2D eigenvalue weighted by Crippen LogP contribution is -2.53. The second kappa shape index (κ2) is 6.31. The lowest BCUT2D eigenvalue weighted by molar-refractivity contribution is -0.156. The number of carbonyl (C=O) groups is 3. The molecule has 0 unspecified atom stereocenters. The van der Waals surface area contributed by atoms with Crippen molar-refractivity contribution in [3.63, 3.8) is 0 Å². The van der Waals surface area contributed by atoms with Crippen LogP contribution in [0.3, 0.4) is 0 Å². The van der Waals surface area contributed by atoms with Gasteiger partial charge in [-0.1, -0.05) is 0 Å². The summed E-state index contributed by atoms with van der Waals surface area (Å²) >= 11 is 0. The fourth-order valence-electron chi connectivity index (χ4n) is 1.65. The van der Waals surface area contributed by atoms with Crippen molar-refractivity contribution in [1.29, 1.82) is 0 Å². The smallest absolute Gasteiger partial charge is 0.318 e. The molecule has 0 aromatic heterocycles. The number of carbonyl (C=O) groups excluding carboxylic acids is 3. The highest BCUT2D eigenvalue weighted by Crippen LogP contribution is 1.99. The lowest BCUT2D eigenvalue weighted by atomic mass is 10.3. The van der Waals surface area contributed by atoms with Gasteiger partial charge in [-0.3, -0.25) is 19.3 Å². The normalized spacial score (nSPS) is 15.5. The highest BCUT2D eigenvalue weighted by atomic mass is 16.2. The monoisotopic (exact) mass is 242 g/mol. The number of hydrogen-bond acceptors (Lipinski definition) is 5. The molecule has 1 aliphatic rings. The summed E-state index contributed by atoms with van der Waals surface area (Å²) in [6.07, 6.45) is 0. The Morgan fingerprint density at radius 2 is 1.88 bits per heavy atom. The zero-order valence-corrected chi connectivity index (χ0v) is 9.94. The first-order valence-corrected chi connectivity index (χ1v) is 5.60. The van der Waals surface area contributed by atoms with Crippen LogP contribution in [0.4, 0.5) is 0 Å². The van der Waals surface area contributed by atoms with E-state index in [0.717, 1.165) is 4.90 Å². The molecule has 17 heavy (non-hydrogen) atoms. The largest absolute Gasteiger partial charge is 0.332 e. The van der Waals surface area contributed by atoms with Crippen molar-refractivity contribution in [3.05, 3.63) is 0 Å². The molecule has 7 nitrogen and oxygen atoms in total.